The average Bonchev–Trinajstić information content (AvgIpc) is 2.68. The minimum Gasteiger partial charge on any atom is -0.366 e. The van der Waals surface area contributed by atoms with Gasteiger partial charge in [0.1, 0.15) is 5.82 Å². The number of anilines is 2. The Hall–Kier alpha value is -2.59. The lowest BCUT2D eigenvalue weighted by Crippen LogP contribution is -2.16. The van der Waals surface area contributed by atoms with Crippen molar-refractivity contribution in [3.8, 4) is 11.3 Å². The third kappa shape index (κ3) is 4.96. The zero-order valence-corrected chi connectivity index (χ0v) is 15.8. The Bertz CT molecular complexity index is 834. The first-order valence-electron chi connectivity index (χ1n) is 8.83. The van der Waals surface area contributed by atoms with Gasteiger partial charge in [0.25, 0.3) is 0 Å². The van der Waals surface area contributed by atoms with Crippen LogP contribution in [0.1, 0.15) is 25.8 Å². The number of rotatable bonds is 7. The molecule has 0 unspecified atom stereocenters. The van der Waals surface area contributed by atoms with Crippen molar-refractivity contribution >= 4 is 23.4 Å². The number of benzene rings is 2. The Labute approximate surface area is 159 Å². The zero-order valence-electron chi connectivity index (χ0n) is 15.0. The van der Waals surface area contributed by atoms with Gasteiger partial charge in [-0.15, -0.1) is 0 Å². The minimum atomic E-state index is 0.310. The molecular weight excluding hydrogens is 344 g/mol. The van der Waals surface area contributed by atoms with Gasteiger partial charge in [0, 0.05) is 29.2 Å². The van der Waals surface area contributed by atoms with Crippen molar-refractivity contribution in [2.24, 2.45) is 0 Å². The summed E-state index contributed by atoms with van der Waals surface area (Å²) in [6, 6.07) is 20.2. The van der Waals surface area contributed by atoms with Crippen LogP contribution in [-0.2, 0) is 6.54 Å². The first kappa shape index (κ1) is 18.2. The predicted molar refractivity (Wildman–Crippen MR) is 110 cm³/mol. The third-order valence-electron chi connectivity index (χ3n) is 4.17. The molecule has 0 fully saturated rings. The van der Waals surface area contributed by atoms with E-state index in [-0.39, 0.29) is 0 Å². The van der Waals surface area contributed by atoms with Gasteiger partial charge in [0.05, 0.1) is 5.69 Å². The molecule has 0 amide bonds. The average molecular weight is 367 g/mol. The number of nitrogens with zero attached hydrogens (tertiary/aromatic N) is 2. The molecule has 0 spiro atoms. The Balaban J connectivity index is 1.85. The van der Waals surface area contributed by atoms with Crippen LogP contribution in [0.25, 0.3) is 11.3 Å². The molecule has 0 aliphatic carbocycles. The van der Waals surface area contributed by atoms with Gasteiger partial charge in [-0.1, -0.05) is 61.0 Å². The highest BCUT2D eigenvalue weighted by atomic mass is 35.5. The normalized spacial score (nSPS) is 11.8. The summed E-state index contributed by atoms with van der Waals surface area (Å²) in [5, 5.41) is 7.49. The maximum Gasteiger partial charge on any atom is 0.225 e. The van der Waals surface area contributed by atoms with Gasteiger partial charge in [-0.2, -0.15) is 4.98 Å². The molecular formula is C21H23ClN4. The fraction of sp³-hybridized carbons (Fsp3) is 0.238. The molecule has 1 atom stereocenters. The van der Waals surface area contributed by atoms with Crippen LogP contribution in [0.5, 0.6) is 0 Å². The molecule has 2 N–H and O–H groups in total. The molecule has 0 saturated carbocycles. The fourth-order valence-electron chi connectivity index (χ4n) is 2.48. The number of halogens is 1. The number of aromatic nitrogens is 2. The molecule has 4 nitrogen and oxygen atoms in total. The third-order valence-corrected chi connectivity index (χ3v) is 4.42. The monoisotopic (exact) mass is 366 g/mol. The highest BCUT2D eigenvalue weighted by Crippen LogP contribution is 2.22. The SMILES string of the molecule is CC[C@@H](C)Nc1nc(NCc2ccc(Cl)cc2)cc(-c2ccccc2)n1. The molecule has 5 heteroatoms. The first-order valence-corrected chi connectivity index (χ1v) is 9.21. The van der Waals surface area contributed by atoms with Crippen LogP contribution in [0.3, 0.4) is 0 Å². The molecule has 0 saturated heterocycles. The van der Waals surface area contributed by atoms with Crippen LogP contribution in [0, 0.1) is 0 Å². The van der Waals surface area contributed by atoms with Gasteiger partial charge in [0.2, 0.25) is 5.95 Å². The van der Waals surface area contributed by atoms with Crippen LogP contribution in [0.4, 0.5) is 11.8 Å². The summed E-state index contributed by atoms with van der Waals surface area (Å²) in [6.07, 6.45) is 1.01. The van der Waals surface area contributed by atoms with Gasteiger partial charge in [0.15, 0.2) is 0 Å². The van der Waals surface area contributed by atoms with Crippen molar-refractivity contribution in [2.45, 2.75) is 32.9 Å². The summed E-state index contributed by atoms with van der Waals surface area (Å²) >= 11 is 5.95. The van der Waals surface area contributed by atoms with Crippen LogP contribution in [-0.4, -0.2) is 16.0 Å². The molecule has 3 rings (SSSR count). The van der Waals surface area contributed by atoms with E-state index in [1.165, 1.54) is 0 Å². The molecule has 0 aliphatic rings. The second-order valence-electron chi connectivity index (χ2n) is 6.26. The largest absolute Gasteiger partial charge is 0.366 e. The van der Waals surface area contributed by atoms with Crippen molar-refractivity contribution in [2.75, 3.05) is 10.6 Å². The maximum atomic E-state index is 5.95. The Morgan fingerprint density at radius 3 is 2.42 bits per heavy atom. The molecule has 134 valence electrons. The molecule has 1 heterocycles. The van der Waals surface area contributed by atoms with Gasteiger partial charge in [-0.05, 0) is 31.0 Å². The second-order valence-corrected chi connectivity index (χ2v) is 6.70. The molecule has 3 aromatic rings. The van der Waals surface area contributed by atoms with E-state index >= 15 is 0 Å². The van der Waals surface area contributed by atoms with Gasteiger partial charge in [-0.3, -0.25) is 0 Å². The Kier molecular flexibility index (Phi) is 6.08. The Morgan fingerprint density at radius 2 is 1.73 bits per heavy atom. The standard InChI is InChI=1S/C21H23ClN4/c1-3-15(2)24-21-25-19(17-7-5-4-6-8-17)13-20(26-21)23-14-16-9-11-18(22)12-10-16/h4-13,15H,3,14H2,1-2H3,(H2,23,24,25,26)/t15-/m1/s1. The van der Waals surface area contributed by atoms with Crippen molar-refractivity contribution in [1.29, 1.82) is 0 Å². The van der Waals surface area contributed by atoms with Crippen LogP contribution >= 0.6 is 11.6 Å². The Morgan fingerprint density at radius 1 is 1.00 bits per heavy atom. The summed E-state index contributed by atoms with van der Waals surface area (Å²) in [4.78, 5) is 9.30. The van der Waals surface area contributed by atoms with E-state index in [1.807, 2.05) is 48.5 Å². The van der Waals surface area contributed by atoms with Gasteiger partial charge < -0.3 is 10.6 Å². The highest BCUT2D eigenvalue weighted by molar-refractivity contribution is 6.30. The van der Waals surface area contributed by atoms with Crippen LogP contribution in [0.2, 0.25) is 5.02 Å². The topological polar surface area (TPSA) is 49.8 Å². The molecule has 2 aromatic carbocycles. The summed E-state index contributed by atoms with van der Waals surface area (Å²) in [6.45, 7) is 4.93. The fourth-order valence-corrected chi connectivity index (χ4v) is 2.60. The molecule has 0 aliphatic heterocycles. The number of hydrogen-bond acceptors (Lipinski definition) is 4. The predicted octanol–water partition coefficient (Wildman–Crippen LogP) is 5.62. The van der Waals surface area contributed by atoms with E-state index in [0.717, 1.165) is 34.1 Å². The molecule has 0 radical (unpaired) electrons. The van der Waals surface area contributed by atoms with Crippen LogP contribution < -0.4 is 10.6 Å². The highest BCUT2D eigenvalue weighted by Gasteiger charge is 2.08. The van der Waals surface area contributed by atoms with Crippen molar-refractivity contribution in [1.82, 2.24) is 9.97 Å². The smallest absolute Gasteiger partial charge is 0.225 e. The molecule has 1 aromatic heterocycles. The van der Waals surface area contributed by atoms with Crippen molar-refractivity contribution in [3.63, 3.8) is 0 Å². The van der Waals surface area contributed by atoms with Crippen molar-refractivity contribution in [3.05, 3.63) is 71.2 Å². The van der Waals surface area contributed by atoms with E-state index in [9.17, 15) is 0 Å². The lowest BCUT2D eigenvalue weighted by Gasteiger charge is -2.14. The minimum absolute atomic E-state index is 0.310. The summed E-state index contributed by atoms with van der Waals surface area (Å²) in [5.74, 6) is 1.43. The molecule has 0 bridgehead atoms. The van der Waals surface area contributed by atoms with Crippen molar-refractivity contribution < 1.29 is 0 Å². The summed E-state index contributed by atoms with van der Waals surface area (Å²) < 4.78 is 0. The number of hydrogen-bond donors (Lipinski definition) is 2. The van der Waals surface area contributed by atoms with E-state index < -0.39 is 0 Å². The number of nitrogens with one attached hydrogen (secondary N) is 2. The van der Waals surface area contributed by atoms with Crippen LogP contribution in [0.15, 0.2) is 60.7 Å². The van der Waals surface area contributed by atoms with E-state index in [0.29, 0.717) is 18.5 Å². The lowest BCUT2D eigenvalue weighted by molar-refractivity contribution is 0.753. The van der Waals surface area contributed by atoms with E-state index in [1.54, 1.807) is 0 Å². The van der Waals surface area contributed by atoms with E-state index in [4.69, 9.17) is 11.6 Å². The summed E-state index contributed by atoms with van der Waals surface area (Å²) in [5.41, 5.74) is 3.10. The molecule has 26 heavy (non-hydrogen) atoms. The van der Waals surface area contributed by atoms with Gasteiger partial charge in [-0.25, -0.2) is 4.98 Å². The second kappa shape index (κ2) is 8.68. The maximum absolute atomic E-state index is 5.95. The first-order chi connectivity index (χ1) is 12.6. The summed E-state index contributed by atoms with van der Waals surface area (Å²) in [7, 11) is 0. The quantitative estimate of drug-likeness (QED) is 0.569. The lowest BCUT2D eigenvalue weighted by atomic mass is 10.1. The zero-order chi connectivity index (χ0) is 18.4. The van der Waals surface area contributed by atoms with E-state index in [2.05, 4.69) is 46.6 Å². The van der Waals surface area contributed by atoms with Gasteiger partial charge >= 0.3 is 0 Å².